The molecule has 1 aromatic carbocycles. The van der Waals surface area contributed by atoms with E-state index in [-0.39, 0.29) is 23.8 Å². The van der Waals surface area contributed by atoms with Crippen molar-refractivity contribution in [3.8, 4) is 11.3 Å². The minimum absolute atomic E-state index is 0.0271. The molecule has 0 aliphatic heterocycles. The Morgan fingerprint density at radius 1 is 1.17 bits per heavy atom. The summed E-state index contributed by atoms with van der Waals surface area (Å²) >= 11 is 0. The maximum absolute atomic E-state index is 13.8. The number of rotatable bonds is 5. The Kier molecular flexibility index (Phi) is 5.30. The SMILES string of the molecule is NC1CCC(NC(=O)CCc2ccc(-c3ccccc3F)o2)CC1. The van der Waals surface area contributed by atoms with Crippen LogP contribution in [0.5, 0.6) is 0 Å². The van der Waals surface area contributed by atoms with Gasteiger partial charge < -0.3 is 15.5 Å². The zero-order chi connectivity index (χ0) is 16.9. The van der Waals surface area contributed by atoms with Crippen molar-refractivity contribution in [3.63, 3.8) is 0 Å². The minimum Gasteiger partial charge on any atom is -0.461 e. The first-order chi connectivity index (χ1) is 11.6. The first-order valence-electron chi connectivity index (χ1n) is 8.50. The van der Waals surface area contributed by atoms with Crippen LogP contribution in [0.4, 0.5) is 4.39 Å². The Balaban J connectivity index is 1.50. The van der Waals surface area contributed by atoms with Gasteiger partial charge in [-0.25, -0.2) is 4.39 Å². The fraction of sp³-hybridized carbons (Fsp3) is 0.421. The fourth-order valence-electron chi connectivity index (χ4n) is 3.12. The zero-order valence-corrected chi connectivity index (χ0v) is 13.6. The maximum Gasteiger partial charge on any atom is 0.220 e. The van der Waals surface area contributed by atoms with Gasteiger partial charge in [0.1, 0.15) is 17.3 Å². The van der Waals surface area contributed by atoms with E-state index in [1.54, 1.807) is 30.3 Å². The van der Waals surface area contributed by atoms with Gasteiger partial charge in [0.25, 0.3) is 0 Å². The molecule has 3 rings (SSSR count). The normalized spacial score (nSPS) is 20.8. The van der Waals surface area contributed by atoms with Crippen molar-refractivity contribution in [1.82, 2.24) is 5.32 Å². The molecule has 5 heteroatoms. The van der Waals surface area contributed by atoms with Crippen LogP contribution >= 0.6 is 0 Å². The monoisotopic (exact) mass is 330 g/mol. The van der Waals surface area contributed by atoms with Crippen LogP contribution in [-0.4, -0.2) is 18.0 Å². The maximum atomic E-state index is 13.8. The number of aryl methyl sites for hydroxylation is 1. The van der Waals surface area contributed by atoms with Crippen molar-refractivity contribution < 1.29 is 13.6 Å². The van der Waals surface area contributed by atoms with Crippen LogP contribution in [0.2, 0.25) is 0 Å². The quantitative estimate of drug-likeness (QED) is 0.883. The number of nitrogens with one attached hydrogen (secondary N) is 1. The summed E-state index contributed by atoms with van der Waals surface area (Å²) in [6.45, 7) is 0. The topological polar surface area (TPSA) is 68.3 Å². The smallest absolute Gasteiger partial charge is 0.220 e. The van der Waals surface area contributed by atoms with Crippen molar-refractivity contribution in [2.24, 2.45) is 5.73 Å². The molecule has 0 spiro atoms. The van der Waals surface area contributed by atoms with Crippen LogP contribution in [-0.2, 0) is 11.2 Å². The zero-order valence-electron chi connectivity index (χ0n) is 13.6. The number of furan rings is 1. The van der Waals surface area contributed by atoms with Gasteiger partial charge in [0, 0.05) is 24.9 Å². The first-order valence-corrected chi connectivity index (χ1v) is 8.50. The lowest BCUT2D eigenvalue weighted by Gasteiger charge is -2.26. The average Bonchev–Trinajstić information content (AvgIpc) is 3.04. The molecule has 1 aliphatic carbocycles. The highest BCUT2D eigenvalue weighted by Gasteiger charge is 2.20. The number of amides is 1. The number of nitrogens with two attached hydrogens (primary N) is 1. The second-order valence-corrected chi connectivity index (χ2v) is 6.43. The lowest BCUT2D eigenvalue weighted by molar-refractivity contribution is -0.122. The third-order valence-electron chi connectivity index (χ3n) is 4.54. The van der Waals surface area contributed by atoms with Gasteiger partial charge in [0.05, 0.1) is 5.56 Å². The van der Waals surface area contributed by atoms with Gasteiger partial charge in [0.2, 0.25) is 5.91 Å². The summed E-state index contributed by atoms with van der Waals surface area (Å²) in [5.41, 5.74) is 6.31. The average molecular weight is 330 g/mol. The van der Waals surface area contributed by atoms with Crippen LogP contribution in [0, 0.1) is 5.82 Å². The second kappa shape index (κ2) is 7.62. The van der Waals surface area contributed by atoms with Crippen molar-refractivity contribution in [2.75, 3.05) is 0 Å². The number of benzene rings is 1. The molecule has 0 saturated heterocycles. The molecule has 1 heterocycles. The predicted molar refractivity (Wildman–Crippen MR) is 90.8 cm³/mol. The molecule has 24 heavy (non-hydrogen) atoms. The lowest BCUT2D eigenvalue weighted by atomic mass is 9.92. The summed E-state index contributed by atoms with van der Waals surface area (Å²) in [7, 11) is 0. The number of carbonyl (C=O) groups is 1. The number of halogens is 1. The Morgan fingerprint density at radius 2 is 1.92 bits per heavy atom. The van der Waals surface area contributed by atoms with Gasteiger partial charge in [-0.1, -0.05) is 12.1 Å². The molecule has 1 fully saturated rings. The van der Waals surface area contributed by atoms with Gasteiger partial charge in [-0.2, -0.15) is 0 Å². The molecule has 0 unspecified atom stereocenters. The van der Waals surface area contributed by atoms with E-state index in [2.05, 4.69) is 5.32 Å². The second-order valence-electron chi connectivity index (χ2n) is 6.43. The highest BCUT2D eigenvalue weighted by atomic mass is 19.1. The standard InChI is InChI=1S/C19H23FN2O2/c20-17-4-2-1-3-16(17)18-11-9-15(24-18)10-12-19(23)22-14-7-5-13(21)6-8-14/h1-4,9,11,13-14H,5-8,10,12,21H2,(H,22,23). The van der Waals surface area contributed by atoms with Crippen LogP contribution in [0.3, 0.4) is 0 Å². The summed E-state index contributed by atoms with van der Waals surface area (Å²) < 4.78 is 19.4. The van der Waals surface area contributed by atoms with E-state index in [9.17, 15) is 9.18 Å². The van der Waals surface area contributed by atoms with Crippen LogP contribution in [0.25, 0.3) is 11.3 Å². The van der Waals surface area contributed by atoms with Gasteiger partial charge >= 0.3 is 0 Å². The van der Waals surface area contributed by atoms with E-state index in [0.717, 1.165) is 25.7 Å². The largest absolute Gasteiger partial charge is 0.461 e. The Labute approximate surface area is 141 Å². The third-order valence-corrected chi connectivity index (χ3v) is 4.54. The van der Waals surface area contributed by atoms with Crippen LogP contribution < -0.4 is 11.1 Å². The lowest BCUT2D eigenvalue weighted by Crippen LogP contribution is -2.40. The van der Waals surface area contributed by atoms with Crippen molar-refractivity contribution in [3.05, 3.63) is 48.0 Å². The number of carbonyl (C=O) groups excluding carboxylic acids is 1. The molecule has 1 aliphatic rings. The highest BCUT2D eigenvalue weighted by molar-refractivity contribution is 5.76. The third kappa shape index (κ3) is 4.23. The molecular weight excluding hydrogens is 307 g/mol. The van der Waals surface area contributed by atoms with Gasteiger partial charge in [0.15, 0.2) is 0 Å². The van der Waals surface area contributed by atoms with Gasteiger partial charge in [-0.15, -0.1) is 0 Å². The summed E-state index contributed by atoms with van der Waals surface area (Å²) in [6, 6.07) is 10.6. The molecule has 1 saturated carbocycles. The van der Waals surface area contributed by atoms with Crippen LogP contribution in [0.1, 0.15) is 37.9 Å². The van der Waals surface area contributed by atoms with E-state index < -0.39 is 0 Å². The van der Waals surface area contributed by atoms with E-state index in [0.29, 0.717) is 29.9 Å². The van der Waals surface area contributed by atoms with E-state index in [1.807, 2.05) is 0 Å². The van der Waals surface area contributed by atoms with Crippen LogP contribution in [0.15, 0.2) is 40.8 Å². The summed E-state index contributed by atoms with van der Waals surface area (Å²) in [4.78, 5) is 12.1. The number of hydrogen-bond donors (Lipinski definition) is 2. The van der Waals surface area contributed by atoms with Crippen molar-refractivity contribution >= 4 is 5.91 Å². The molecule has 0 atom stereocenters. The molecule has 0 radical (unpaired) electrons. The molecule has 128 valence electrons. The van der Waals surface area contributed by atoms with Crippen molar-refractivity contribution in [2.45, 2.75) is 50.6 Å². The molecule has 4 nitrogen and oxygen atoms in total. The molecule has 0 bridgehead atoms. The Morgan fingerprint density at radius 3 is 2.67 bits per heavy atom. The summed E-state index contributed by atoms with van der Waals surface area (Å²) in [5.74, 6) is 0.893. The van der Waals surface area contributed by atoms with Gasteiger partial charge in [-0.05, 0) is 49.9 Å². The van der Waals surface area contributed by atoms with Crippen molar-refractivity contribution in [1.29, 1.82) is 0 Å². The first kappa shape index (κ1) is 16.7. The van der Waals surface area contributed by atoms with E-state index in [4.69, 9.17) is 10.2 Å². The predicted octanol–water partition coefficient (Wildman–Crippen LogP) is 3.40. The Hall–Kier alpha value is -2.14. The molecule has 1 amide bonds. The molecule has 3 N–H and O–H groups in total. The molecule has 2 aromatic rings. The Bertz CT molecular complexity index is 690. The van der Waals surface area contributed by atoms with E-state index >= 15 is 0 Å². The molecular formula is C19H23FN2O2. The highest BCUT2D eigenvalue weighted by Crippen LogP contribution is 2.25. The van der Waals surface area contributed by atoms with Gasteiger partial charge in [-0.3, -0.25) is 4.79 Å². The summed E-state index contributed by atoms with van der Waals surface area (Å²) in [5, 5.41) is 3.06. The fourth-order valence-corrected chi connectivity index (χ4v) is 3.12. The van der Waals surface area contributed by atoms with E-state index in [1.165, 1.54) is 6.07 Å². The molecule has 1 aromatic heterocycles. The summed E-state index contributed by atoms with van der Waals surface area (Å²) in [6.07, 6.45) is 4.71. The minimum atomic E-state index is -0.313. The number of hydrogen-bond acceptors (Lipinski definition) is 3.